The van der Waals surface area contributed by atoms with Gasteiger partial charge in [-0.2, -0.15) is 4.80 Å². The number of aryl methyl sites for hydroxylation is 2. The van der Waals surface area contributed by atoms with Crippen LogP contribution in [-0.2, 0) is 24.2 Å². The number of hydrogen-bond acceptors (Lipinski definition) is 4. The second kappa shape index (κ2) is 8.89. The van der Waals surface area contributed by atoms with Crippen molar-refractivity contribution >= 4 is 5.91 Å². The number of hydrogen-bond donors (Lipinski definition) is 1. The van der Waals surface area contributed by atoms with Crippen LogP contribution in [0.5, 0.6) is 0 Å². The van der Waals surface area contributed by atoms with E-state index in [2.05, 4.69) is 51.9 Å². The van der Waals surface area contributed by atoms with Crippen LogP contribution in [0, 0.1) is 0 Å². The van der Waals surface area contributed by atoms with Crippen molar-refractivity contribution in [3.8, 4) is 11.4 Å². The minimum Gasteiger partial charge on any atom is -0.354 e. The lowest BCUT2D eigenvalue weighted by molar-refractivity contribution is -0.122. The van der Waals surface area contributed by atoms with Crippen LogP contribution in [0.15, 0.2) is 54.6 Å². The third kappa shape index (κ3) is 4.99. The topological polar surface area (TPSA) is 72.7 Å². The molecule has 0 saturated heterocycles. The summed E-state index contributed by atoms with van der Waals surface area (Å²) < 4.78 is 0. The van der Waals surface area contributed by atoms with Crippen molar-refractivity contribution in [2.24, 2.45) is 0 Å². The minimum absolute atomic E-state index is 0.0748. The van der Waals surface area contributed by atoms with Crippen molar-refractivity contribution in [3.05, 3.63) is 65.7 Å². The molecular weight excluding hydrogens is 326 g/mol. The van der Waals surface area contributed by atoms with E-state index < -0.39 is 0 Å². The summed E-state index contributed by atoms with van der Waals surface area (Å²) in [6, 6.07) is 18.3. The highest BCUT2D eigenvalue weighted by atomic mass is 16.2. The van der Waals surface area contributed by atoms with Crippen LogP contribution >= 0.6 is 0 Å². The van der Waals surface area contributed by atoms with Crippen LogP contribution in [-0.4, -0.2) is 32.7 Å². The van der Waals surface area contributed by atoms with Crippen LogP contribution in [0.25, 0.3) is 11.4 Å². The Bertz CT molecular complexity index is 827. The average molecular weight is 349 g/mol. The van der Waals surface area contributed by atoms with Gasteiger partial charge in [-0.15, -0.1) is 10.2 Å². The van der Waals surface area contributed by atoms with Gasteiger partial charge in [-0.05, 0) is 35.6 Å². The summed E-state index contributed by atoms with van der Waals surface area (Å²) in [7, 11) is 0. The molecule has 0 radical (unpaired) electrons. The zero-order valence-electron chi connectivity index (χ0n) is 14.9. The molecule has 0 spiro atoms. The number of rotatable bonds is 8. The minimum atomic E-state index is -0.108. The van der Waals surface area contributed by atoms with Gasteiger partial charge in [0.05, 0.1) is 0 Å². The average Bonchev–Trinajstić information content (AvgIpc) is 3.14. The highest BCUT2D eigenvalue weighted by Crippen LogP contribution is 2.14. The Morgan fingerprint density at radius 2 is 1.81 bits per heavy atom. The lowest BCUT2D eigenvalue weighted by Gasteiger charge is -2.04. The third-order valence-corrected chi connectivity index (χ3v) is 4.17. The molecule has 0 atom stereocenters. The van der Waals surface area contributed by atoms with Gasteiger partial charge in [0.2, 0.25) is 11.7 Å². The first-order valence-corrected chi connectivity index (χ1v) is 8.92. The van der Waals surface area contributed by atoms with Gasteiger partial charge in [-0.25, -0.2) is 0 Å². The molecule has 0 aliphatic rings. The van der Waals surface area contributed by atoms with Crippen LogP contribution in [0.1, 0.15) is 24.5 Å². The van der Waals surface area contributed by atoms with E-state index >= 15 is 0 Å². The summed E-state index contributed by atoms with van der Waals surface area (Å²) in [5.74, 6) is 0.424. The van der Waals surface area contributed by atoms with Gasteiger partial charge < -0.3 is 5.32 Å². The quantitative estimate of drug-likeness (QED) is 0.635. The molecule has 6 heteroatoms. The lowest BCUT2D eigenvalue weighted by atomic mass is 10.1. The Kier molecular flexibility index (Phi) is 6.09. The maximum absolute atomic E-state index is 12.0. The molecule has 26 heavy (non-hydrogen) atoms. The van der Waals surface area contributed by atoms with Crippen LogP contribution in [0.3, 0.4) is 0 Å². The van der Waals surface area contributed by atoms with Gasteiger partial charge in [0.25, 0.3) is 0 Å². The zero-order chi connectivity index (χ0) is 18.2. The van der Waals surface area contributed by atoms with Crippen molar-refractivity contribution in [2.75, 3.05) is 6.54 Å². The molecular formula is C20H23N5O. The van der Waals surface area contributed by atoms with Gasteiger partial charge in [0, 0.05) is 12.1 Å². The first-order valence-electron chi connectivity index (χ1n) is 8.92. The Labute approximate surface area is 153 Å². The Hall–Kier alpha value is -3.02. The van der Waals surface area contributed by atoms with Crippen molar-refractivity contribution in [1.82, 2.24) is 25.5 Å². The number of benzene rings is 2. The maximum Gasteiger partial charge on any atom is 0.243 e. The fourth-order valence-electron chi connectivity index (χ4n) is 2.66. The van der Waals surface area contributed by atoms with E-state index in [1.165, 1.54) is 15.9 Å². The zero-order valence-corrected chi connectivity index (χ0v) is 14.9. The van der Waals surface area contributed by atoms with Crippen molar-refractivity contribution < 1.29 is 4.79 Å². The predicted molar refractivity (Wildman–Crippen MR) is 100 cm³/mol. The molecule has 134 valence electrons. The first-order chi connectivity index (χ1) is 12.7. The Balaban J connectivity index is 1.45. The van der Waals surface area contributed by atoms with Crippen LogP contribution in [0.4, 0.5) is 0 Å². The number of aromatic nitrogens is 4. The highest BCUT2D eigenvalue weighted by molar-refractivity contribution is 5.75. The molecule has 6 nitrogen and oxygen atoms in total. The van der Waals surface area contributed by atoms with Crippen molar-refractivity contribution in [3.63, 3.8) is 0 Å². The Morgan fingerprint density at radius 1 is 1.04 bits per heavy atom. The van der Waals surface area contributed by atoms with Gasteiger partial charge in [0.1, 0.15) is 6.54 Å². The van der Waals surface area contributed by atoms with E-state index in [0.717, 1.165) is 24.8 Å². The maximum atomic E-state index is 12.0. The van der Waals surface area contributed by atoms with Gasteiger partial charge in [0.15, 0.2) is 0 Å². The molecule has 0 aliphatic carbocycles. The third-order valence-electron chi connectivity index (χ3n) is 4.17. The molecule has 1 amide bonds. The molecule has 1 N–H and O–H groups in total. The molecule has 3 aromatic rings. The highest BCUT2D eigenvalue weighted by Gasteiger charge is 2.09. The van der Waals surface area contributed by atoms with Crippen LogP contribution < -0.4 is 5.32 Å². The summed E-state index contributed by atoms with van der Waals surface area (Å²) in [6.45, 7) is 2.82. The fraction of sp³-hybridized carbons (Fsp3) is 0.300. The number of carbonyl (C=O) groups is 1. The largest absolute Gasteiger partial charge is 0.354 e. The molecule has 1 aromatic heterocycles. The fourth-order valence-corrected chi connectivity index (χ4v) is 2.66. The summed E-state index contributed by atoms with van der Waals surface area (Å²) in [5, 5.41) is 15.2. The molecule has 0 bridgehead atoms. The van der Waals surface area contributed by atoms with E-state index in [1.807, 2.05) is 30.3 Å². The van der Waals surface area contributed by atoms with Gasteiger partial charge in [-0.3, -0.25) is 4.79 Å². The summed E-state index contributed by atoms with van der Waals surface area (Å²) in [6.07, 6.45) is 2.83. The SMILES string of the molecule is CCc1ccc(-c2nnn(CC(=O)NCCCc3ccccc3)n2)cc1. The smallest absolute Gasteiger partial charge is 0.243 e. The lowest BCUT2D eigenvalue weighted by Crippen LogP contribution is -2.29. The van der Waals surface area contributed by atoms with E-state index in [-0.39, 0.29) is 12.5 Å². The molecule has 0 aliphatic heterocycles. The standard InChI is InChI=1S/C20H23N5O/c1-2-16-10-12-18(13-11-16)20-22-24-25(23-20)15-19(26)21-14-6-9-17-7-4-3-5-8-17/h3-5,7-8,10-13H,2,6,9,14-15H2,1H3,(H,21,26). The molecule has 2 aromatic carbocycles. The van der Waals surface area contributed by atoms with Gasteiger partial charge in [-0.1, -0.05) is 61.5 Å². The second-order valence-electron chi connectivity index (χ2n) is 6.13. The van der Waals surface area contributed by atoms with E-state index in [9.17, 15) is 4.79 Å². The van der Waals surface area contributed by atoms with E-state index in [0.29, 0.717) is 12.4 Å². The molecule has 0 fully saturated rings. The normalized spacial score (nSPS) is 10.7. The molecule has 1 heterocycles. The predicted octanol–water partition coefficient (Wildman–Crippen LogP) is 2.65. The number of amides is 1. The molecule has 3 rings (SSSR count). The number of nitrogens with one attached hydrogen (secondary N) is 1. The monoisotopic (exact) mass is 349 g/mol. The van der Waals surface area contributed by atoms with Crippen molar-refractivity contribution in [2.45, 2.75) is 32.7 Å². The number of tetrazole rings is 1. The van der Waals surface area contributed by atoms with E-state index in [1.54, 1.807) is 0 Å². The van der Waals surface area contributed by atoms with Gasteiger partial charge >= 0.3 is 0 Å². The number of nitrogens with zero attached hydrogens (tertiary/aromatic N) is 4. The summed E-state index contributed by atoms with van der Waals surface area (Å²) >= 11 is 0. The molecule has 0 unspecified atom stereocenters. The van der Waals surface area contributed by atoms with E-state index in [4.69, 9.17) is 0 Å². The first kappa shape index (κ1) is 17.8. The number of carbonyl (C=O) groups excluding carboxylic acids is 1. The summed E-state index contributed by atoms with van der Waals surface area (Å²) in [4.78, 5) is 13.3. The molecule has 0 saturated carbocycles. The Morgan fingerprint density at radius 3 is 2.54 bits per heavy atom. The van der Waals surface area contributed by atoms with Crippen molar-refractivity contribution in [1.29, 1.82) is 0 Å². The second-order valence-corrected chi connectivity index (χ2v) is 6.13. The summed E-state index contributed by atoms with van der Waals surface area (Å²) in [5.41, 5.74) is 3.44. The van der Waals surface area contributed by atoms with Crippen LogP contribution in [0.2, 0.25) is 0 Å².